The normalized spacial score (nSPS) is 17.6. The van der Waals surface area contributed by atoms with E-state index in [4.69, 9.17) is 4.74 Å². The van der Waals surface area contributed by atoms with Crippen LogP contribution in [-0.4, -0.2) is 44.8 Å². The highest BCUT2D eigenvalue weighted by Gasteiger charge is 2.18. The lowest BCUT2D eigenvalue weighted by Gasteiger charge is -2.31. The van der Waals surface area contributed by atoms with E-state index in [1.54, 1.807) is 13.2 Å². The molecule has 1 aliphatic heterocycles. The molecule has 0 amide bonds. The molecule has 0 aliphatic carbocycles. The molecule has 1 N–H and O–H groups in total. The highest BCUT2D eigenvalue weighted by Crippen LogP contribution is 2.17. The van der Waals surface area contributed by atoms with Crippen molar-refractivity contribution in [2.75, 3.05) is 45.2 Å². The van der Waals surface area contributed by atoms with E-state index in [9.17, 15) is 4.39 Å². The fraction of sp³-hybridized carbons (Fsp3) is 0.600. The van der Waals surface area contributed by atoms with E-state index in [2.05, 4.69) is 10.2 Å². The number of hydrogen-bond acceptors (Lipinski definition) is 3. The maximum absolute atomic E-state index is 13.0. The highest BCUT2D eigenvalue weighted by molar-refractivity contribution is 5.42. The van der Waals surface area contributed by atoms with E-state index < -0.39 is 0 Å². The van der Waals surface area contributed by atoms with Gasteiger partial charge >= 0.3 is 0 Å². The maximum atomic E-state index is 13.0. The molecule has 0 unspecified atom stereocenters. The van der Waals surface area contributed by atoms with Gasteiger partial charge in [0.2, 0.25) is 0 Å². The van der Waals surface area contributed by atoms with Gasteiger partial charge in [-0.2, -0.15) is 0 Å². The summed E-state index contributed by atoms with van der Waals surface area (Å²) >= 11 is 0. The molecule has 1 aliphatic rings. The summed E-state index contributed by atoms with van der Waals surface area (Å²) in [5.74, 6) is 0.530. The Kier molecular flexibility index (Phi) is 5.61. The van der Waals surface area contributed by atoms with Crippen LogP contribution in [0.3, 0.4) is 0 Å². The molecule has 1 aromatic carbocycles. The predicted molar refractivity (Wildman–Crippen MR) is 75.9 cm³/mol. The van der Waals surface area contributed by atoms with Gasteiger partial charge in [-0.05, 0) is 50.0 Å². The van der Waals surface area contributed by atoms with Crippen molar-refractivity contribution in [2.45, 2.75) is 12.8 Å². The molecule has 2 rings (SSSR count). The summed E-state index contributed by atoms with van der Waals surface area (Å²) in [5.41, 5.74) is 0.856. The summed E-state index contributed by atoms with van der Waals surface area (Å²) in [6, 6.07) is 6.62. The van der Waals surface area contributed by atoms with Gasteiger partial charge in [0, 0.05) is 32.5 Å². The van der Waals surface area contributed by atoms with Crippen molar-refractivity contribution in [1.82, 2.24) is 4.90 Å². The first-order valence-electron chi connectivity index (χ1n) is 6.98. The van der Waals surface area contributed by atoms with Gasteiger partial charge < -0.3 is 15.0 Å². The van der Waals surface area contributed by atoms with Crippen molar-refractivity contribution in [1.29, 1.82) is 0 Å². The second-order valence-electron chi connectivity index (χ2n) is 5.18. The maximum Gasteiger partial charge on any atom is 0.125 e. The molecule has 106 valence electrons. The lowest BCUT2D eigenvalue weighted by Crippen LogP contribution is -2.37. The number of piperidine rings is 1. The Balaban J connectivity index is 1.64. The van der Waals surface area contributed by atoms with Crippen LogP contribution in [0.25, 0.3) is 0 Å². The van der Waals surface area contributed by atoms with E-state index in [1.165, 1.54) is 25.0 Å². The largest absolute Gasteiger partial charge is 0.384 e. The number of benzene rings is 1. The molecular weight excluding hydrogens is 243 g/mol. The van der Waals surface area contributed by atoms with E-state index in [-0.39, 0.29) is 5.82 Å². The molecule has 0 atom stereocenters. The fourth-order valence-electron chi connectivity index (χ4n) is 2.57. The Labute approximate surface area is 114 Å². The monoisotopic (exact) mass is 266 g/mol. The molecule has 0 aromatic heterocycles. The van der Waals surface area contributed by atoms with Crippen LogP contribution in [0, 0.1) is 11.7 Å². The van der Waals surface area contributed by atoms with Crippen molar-refractivity contribution in [3.63, 3.8) is 0 Å². The minimum atomic E-state index is -0.189. The van der Waals surface area contributed by atoms with Crippen molar-refractivity contribution < 1.29 is 9.13 Å². The Bertz CT molecular complexity index is 378. The number of likely N-dealkylation sites (tertiary alicyclic amines) is 1. The number of nitrogens with zero attached hydrogens (tertiary/aromatic N) is 1. The molecule has 19 heavy (non-hydrogen) atoms. The first kappa shape index (κ1) is 14.3. The van der Waals surface area contributed by atoms with Gasteiger partial charge in [0.25, 0.3) is 0 Å². The Morgan fingerprint density at radius 2 is 2.16 bits per heavy atom. The first-order chi connectivity index (χ1) is 9.28. The second kappa shape index (κ2) is 7.46. The fourth-order valence-corrected chi connectivity index (χ4v) is 2.57. The number of anilines is 1. The summed E-state index contributed by atoms with van der Waals surface area (Å²) in [6.07, 6.45) is 2.43. The molecular formula is C15H23FN2O. The lowest BCUT2D eigenvalue weighted by molar-refractivity contribution is 0.101. The summed E-state index contributed by atoms with van der Waals surface area (Å²) in [4.78, 5) is 2.46. The number of halogens is 1. The van der Waals surface area contributed by atoms with E-state index in [0.29, 0.717) is 0 Å². The lowest BCUT2D eigenvalue weighted by atomic mass is 9.98. The molecule has 0 bridgehead atoms. The molecule has 3 nitrogen and oxygen atoms in total. The van der Waals surface area contributed by atoms with Gasteiger partial charge in [-0.25, -0.2) is 4.39 Å². The smallest absolute Gasteiger partial charge is 0.125 e. The highest BCUT2D eigenvalue weighted by atomic mass is 19.1. The van der Waals surface area contributed by atoms with Crippen LogP contribution in [0.2, 0.25) is 0 Å². The number of hydrogen-bond donors (Lipinski definition) is 1. The zero-order valence-electron chi connectivity index (χ0n) is 11.6. The Morgan fingerprint density at radius 1 is 1.37 bits per heavy atom. The molecule has 0 radical (unpaired) electrons. The Morgan fingerprint density at radius 3 is 2.84 bits per heavy atom. The van der Waals surface area contributed by atoms with Crippen molar-refractivity contribution in [2.24, 2.45) is 5.92 Å². The number of methoxy groups -OCH3 is 1. The minimum absolute atomic E-state index is 0.189. The van der Waals surface area contributed by atoms with Gasteiger partial charge in [0.1, 0.15) is 5.82 Å². The topological polar surface area (TPSA) is 24.5 Å². The standard InChI is InChI=1S/C15H23FN2O/c1-19-12-13-5-8-18(9-6-13)10-7-17-15-4-2-3-14(16)11-15/h2-4,11,13,17H,5-10,12H2,1H3. The third-order valence-electron chi connectivity index (χ3n) is 3.69. The molecule has 1 saturated heterocycles. The van der Waals surface area contributed by atoms with Crippen LogP contribution in [0.4, 0.5) is 10.1 Å². The van der Waals surface area contributed by atoms with Gasteiger partial charge in [-0.1, -0.05) is 6.07 Å². The van der Waals surface area contributed by atoms with Gasteiger partial charge in [-0.15, -0.1) is 0 Å². The van der Waals surface area contributed by atoms with Crippen LogP contribution in [0.15, 0.2) is 24.3 Å². The van der Waals surface area contributed by atoms with Crippen LogP contribution in [0.1, 0.15) is 12.8 Å². The van der Waals surface area contributed by atoms with E-state index >= 15 is 0 Å². The zero-order chi connectivity index (χ0) is 13.5. The quantitative estimate of drug-likeness (QED) is 0.856. The number of rotatable bonds is 6. The van der Waals surface area contributed by atoms with Gasteiger partial charge in [0.05, 0.1) is 0 Å². The van der Waals surface area contributed by atoms with E-state index in [1.807, 2.05) is 6.07 Å². The zero-order valence-corrected chi connectivity index (χ0v) is 11.6. The second-order valence-corrected chi connectivity index (χ2v) is 5.18. The molecule has 0 saturated carbocycles. The molecule has 0 spiro atoms. The minimum Gasteiger partial charge on any atom is -0.384 e. The summed E-state index contributed by atoms with van der Waals surface area (Å²) in [7, 11) is 1.77. The SMILES string of the molecule is COCC1CCN(CCNc2cccc(F)c2)CC1. The molecule has 1 aromatic rings. The van der Waals surface area contributed by atoms with Crippen LogP contribution < -0.4 is 5.32 Å². The van der Waals surface area contributed by atoms with Gasteiger partial charge in [0.15, 0.2) is 0 Å². The Hall–Kier alpha value is -1.13. The van der Waals surface area contributed by atoms with E-state index in [0.717, 1.165) is 44.4 Å². The molecule has 1 fully saturated rings. The van der Waals surface area contributed by atoms with Crippen molar-refractivity contribution >= 4 is 5.69 Å². The third-order valence-corrected chi connectivity index (χ3v) is 3.69. The number of ether oxygens (including phenoxy) is 1. The summed E-state index contributed by atoms with van der Waals surface area (Å²) in [5, 5.41) is 3.26. The number of nitrogens with one attached hydrogen (secondary N) is 1. The van der Waals surface area contributed by atoms with Crippen LogP contribution >= 0.6 is 0 Å². The van der Waals surface area contributed by atoms with Crippen LogP contribution in [-0.2, 0) is 4.74 Å². The summed E-state index contributed by atoms with van der Waals surface area (Å²) in [6.45, 7) is 5.03. The molecule has 4 heteroatoms. The average molecular weight is 266 g/mol. The first-order valence-corrected chi connectivity index (χ1v) is 6.98. The van der Waals surface area contributed by atoms with Crippen LogP contribution in [0.5, 0.6) is 0 Å². The van der Waals surface area contributed by atoms with Gasteiger partial charge in [-0.3, -0.25) is 0 Å². The third kappa shape index (κ3) is 4.80. The predicted octanol–water partition coefficient (Wildman–Crippen LogP) is 2.60. The average Bonchev–Trinajstić information content (AvgIpc) is 2.41. The molecule has 1 heterocycles. The summed E-state index contributed by atoms with van der Waals surface area (Å²) < 4.78 is 18.2. The van der Waals surface area contributed by atoms with Crippen molar-refractivity contribution in [3.05, 3.63) is 30.1 Å². The van der Waals surface area contributed by atoms with Crippen molar-refractivity contribution in [3.8, 4) is 0 Å².